The third-order valence-electron chi connectivity index (χ3n) is 4.23. The summed E-state index contributed by atoms with van der Waals surface area (Å²) in [5, 5.41) is 4.75. The van der Waals surface area contributed by atoms with E-state index in [2.05, 4.69) is 41.9 Å². The van der Waals surface area contributed by atoms with E-state index < -0.39 is 0 Å². The molecule has 0 amide bonds. The van der Waals surface area contributed by atoms with Gasteiger partial charge in [0.25, 0.3) is 0 Å². The largest absolute Gasteiger partial charge is 0.384 e. The van der Waals surface area contributed by atoms with E-state index in [9.17, 15) is 0 Å². The number of hydrogen-bond donors (Lipinski definition) is 1. The molecule has 3 rings (SSSR count). The molecule has 3 nitrogen and oxygen atoms in total. The van der Waals surface area contributed by atoms with Gasteiger partial charge in [-0.05, 0) is 36.3 Å². The van der Waals surface area contributed by atoms with E-state index in [1.165, 1.54) is 29.7 Å². The topological polar surface area (TPSA) is 43.8 Å². The fourth-order valence-corrected chi connectivity index (χ4v) is 3.58. The molecule has 1 aromatic heterocycles. The molecule has 0 aliphatic heterocycles. The van der Waals surface area contributed by atoms with Gasteiger partial charge >= 0.3 is 0 Å². The van der Waals surface area contributed by atoms with Crippen molar-refractivity contribution >= 4 is 21.7 Å². The van der Waals surface area contributed by atoms with Crippen LogP contribution in [0.25, 0.3) is 0 Å². The van der Waals surface area contributed by atoms with Crippen molar-refractivity contribution in [3.63, 3.8) is 0 Å². The third kappa shape index (κ3) is 2.26. The van der Waals surface area contributed by atoms with Crippen molar-refractivity contribution in [1.82, 2.24) is 9.78 Å². The van der Waals surface area contributed by atoms with Crippen molar-refractivity contribution in [1.29, 1.82) is 0 Å². The third-order valence-corrected chi connectivity index (χ3v) is 5.01. The van der Waals surface area contributed by atoms with Crippen LogP contribution in [0.3, 0.4) is 0 Å². The van der Waals surface area contributed by atoms with Gasteiger partial charge in [-0.1, -0.05) is 48.0 Å². The van der Waals surface area contributed by atoms with Crippen molar-refractivity contribution in [2.45, 2.75) is 45.1 Å². The van der Waals surface area contributed by atoms with Crippen LogP contribution >= 0.6 is 15.9 Å². The zero-order valence-electron chi connectivity index (χ0n) is 12.0. The number of aromatic nitrogens is 2. The molecule has 1 heterocycles. The van der Waals surface area contributed by atoms with Crippen molar-refractivity contribution in [3.8, 4) is 0 Å². The van der Waals surface area contributed by atoms with Gasteiger partial charge in [-0.25, -0.2) is 4.68 Å². The van der Waals surface area contributed by atoms with Crippen LogP contribution in [0.15, 0.2) is 28.7 Å². The van der Waals surface area contributed by atoms with E-state index in [1.807, 2.05) is 16.8 Å². The van der Waals surface area contributed by atoms with Crippen molar-refractivity contribution in [3.05, 3.63) is 45.6 Å². The predicted molar refractivity (Wildman–Crippen MR) is 85.8 cm³/mol. The van der Waals surface area contributed by atoms with Crippen LogP contribution in [0.1, 0.15) is 43.5 Å². The molecule has 0 fully saturated rings. The van der Waals surface area contributed by atoms with Crippen molar-refractivity contribution in [2.24, 2.45) is 0 Å². The highest BCUT2D eigenvalue weighted by Gasteiger charge is 2.33. The molecule has 0 atom stereocenters. The Kier molecular flexibility index (Phi) is 3.36. The predicted octanol–water partition coefficient (Wildman–Crippen LogP) is 3.89. The van der Waals surface area contributed by atoms with E-state index in [0.717, 1.165) is 23.3 Å². The minimum absolute atomic E-state index is 0.143. The number of nitrogens with zero attached hydrogens (tertiary/aromatic N) is 2. The number of fused-ring (bicyclic) bond motifs is 1. The van der Waals surface area contributed by atoms with E-state index in [1.54, 1.807) is 0 Å². The summed E-state index contributed by atoms with van der Waals surface area (Å²) in [6, 6.07) is 8.23. The van der Waals surface area contributed by atoms with E-state index in [0.29, 0.717) is 0 Å². The molecule has 0 radical (unpaired) electrons. The average molecular weight is 334 g/mol. The van der Waals surface area contributed by atoms with Crippen molar-refractivity contribution < 1.29 is 0 Å². The second-order valence-corrected chi connectivity index (χ2v) is 7.05. The first kappa shape index (κ1) is 13.7. The molecule has 0 saturated carbocycles. The fraction of sp³-hybridized carbons (Fsp3) is 0.438. The highest BCUT2D eigenvalue weighted by atomic mass is 79.9. The zero-order valence-corrected chi connectivity index (χ0v) is 13.6. The van der Waals surface area contributed by atoms with Crippen LogP contribution in [0.4, 0.5) is 5.82 Å². The molecular weight excluding hydrogens is 314 g/mol. The Morgan fingerprint density at radius 1 is 1.35 bits per heavy atom. The Morgan fingerprint density at radius 3 is 2.80 bits per heavy atom. The fourth-order valence-electron chi connectivity index (χ4n) is 3.17. The van der Waals surface area contributed by atoms with Gasteiger partial charge in [-0.15, -0.1) is 0 Å². The number of halogens is 1. The number of nitrogen functional groups attached to an aromatic ring is 1. The molecule has 0 bridgehead atoms. The molecule has 0 spiro atoms. The first-order chi connectivity index (χ1) is 9.49. The van der Waals surface area contributed by atoms with Crippen LogP contribution < -0.4 is 5.73 Å². The Hall–Kier alpha value is -1.29. The summed E-state index contributed by atoms with van der Waals surface area (Å²) in [6.07, 6.45) is 3.43. The quantitative estimate of drug-likeness (QED) is 0.905. The first-order valence-corrected chi connectivity index (χ1v) is 7.87. The minimum Gasteiger partial charge on any atom is -0.384 e. The normalized spacial score (nSPS) is 16.9. The molecule has 1 aliphatic rings. The van der Waals surface area contributed by atoms with Crippen molar-refractivity contribution in [2.75, 3.05) is 5.73 Å². The lowest BCUT2D eigenvalue weighted by Crippen LogP contribution is -2.24. The lowest BCUT2D eigenvalue weighted by atomic mass is 9.75. The molecule has 20 heavy (non-hydrogen) atoms. The molecule has 4 heteroatoms. The Labute approximate surface area is 128 Å². The van der Waals surface area contributed by atoms with Crippen LogP contribution in [-0.4, -0.2) is 9.78 Å². The summed E-state index contributed by atoms with van der Waals surface area (Å²) in [5.74, 6) is 0.834. The summed E-state index contributed by atoms with van der Waals surface area (Å²) < 4.78 is 3.06. The summed E-state index contributed by atoms with van der Waals surface area (Å²) in [4.78, 5) is 0. The molecular formula is C16H20BrN3. The Morgan fingerprint density at radius 2 is 2.10 bits per heavy atom. The molecule has 106 valence electrons. The molecule has 2 N–H and O–H groups in total. The minimum atomic E-state index is 0.143. The summed E-state index contributed by atoms with van der Waals surface area (Å²) in [7, 11) is 0. The summed E-state index contributed by atoms with van der Waals surface area (Å²) in [6.45, 7) is 5.26. The number of nitrogens with two attached hydrogens (primary N) is 1. The molecule has 0 unspecified atom stereocenters. The van der Waals surface area contributed by atoms with E-state index >= 15 is 0 Å². The SMILES string of the molecule is CC1(C)CCCc2nn(Cc3ccccc3Br)c(N)c21. The van der Waals surface area contributed by atoms with E-state index in [4.69, 9.17) is 10.8 Å². The maximum absolute atomic E-state index is 6.38. The van der Waals surface area contributed by atoms with Crippen LogP contribution in [0.5, 0.6) is 0 Å². The van der Waals surface area contributed by atoms with Gasteiger partial charge in [0.05, 0.1) is 12.2 Å². The standard InChI is InChI=1S/C16H20BrN3/c1-16(2)9-5-8-13-14(16)15(18)20(19-13)10-11-6-3-4-7-12(11)17/h3-4,6-7H,5,8-10,18H2,1-2H3. The monoisotopic (exact) mass is 333 g/mol. The highest BCUT2D eigenvalue weighted by molar-refractivity contribution is 9.10. The van der Waals surface area contributed by atoms with Gasteiger partial charge in [-0.2, -0.15) is 5.10 Å². The Balaban J connectivity index is 2.01. The molecule has 0 saturated heterocycles. The first-order valence-electron chi connectivity index (χ1n) is 7.08. The lowest BCUT2D eigenvalue weighted by Gasteiger charge is -2.29. The maximum atomic E-state index is 6.38. The lowest BCUT2D eigenvalue weighted by molar-refractivity contribution is 0.432. The van der Waals surface area contributed by atoms with Gasteiger partial charge in [0.2, 0.25) is 0 Å². The van der Waals surface area contributed by atoms with Crippen LogP contribution in [0, 0.1) is 0 Å². The second kappa shape index (κ2) is 4.92. The number of rotatable bonds is 2. The average Bonchev–Trinajstić information content (AvgIpc) is 2.70. The summed E-state index contributed by atoms with van der Waals surface area (Å²) >= 11 is 3.59. The summed E-state index contributed by atoms with van der Waals surface area (Å²) in [5.41, 5.74) is 10.2. The van der Waals surface area contributed by atoms with E-state index in [-0.39, 0.29) is 5.41 Å². The van der Waals surface area contributed by atoms with Crippen LogP contribution in [-0.2, 0) is 18.4 Å². The van der Waals surface area contributed by atoms with Gasteiger partial charge in [0.1, 0.15) is 5.82 Å². The Bertz CT molecular complexity index is 643. The van der Waals surface area contributed by atoms with Gasteiger partial charge < -0.3 is 5.73 Å². The smallest absolute Gasteiger partial charge is 0.126 e. The molecule has 2 aromatic rings. The number of aryl methyl sites for hydroxylation is 1. The number of benzene rings is 1. The second-order valence-electron chi connectivity index (χ2n) is 6.19. The number of anilines is 1. The van der Waals surface area contributed by atoms with Crippen LogP contribution in [0.2, 0.25) is 0 Å². The van der Waals surface area contributed by atoms with Gasteiger partial charge in [-0.3, -0.25) is 0 Å². The highest BCUT2D eigenvalue weighted by Crippen LogP contribution is 2.40. The zero-order chi connectivity index (χ0) is 14.3. The molecule has 1 aromatic carbocycles. The number of hydrogen-bond acceptors (Lipinski definition) is 2. The maximum Gasteiger partial charge on any atom is 0.126 e. The van der Waals surface area contributed by atoms with Gasteiger partial charge in [0, 0.05) is 10.0 Å². The molecule has 1 aliphatic carbocycles. The van der Waals surface area contributed by atoms with Gasteiger partial charge in [0.15, 0.2) is 0 Å².